The lowest BCUT2D eigenvalue weighted by molar-refractivity contribution is -0.0204. The van der Waals surface area contributed by atoms with E-state index in [1.807, 2.05) is 7.05 Å². The molecule has 0 amide bonds. The Morgan fingerprint density at radius 1 is 1.47 bits per heavy atom. The second kappa shape index (κ2) is 4.58. The Kier molecular flexibility index (Phi) is 3.46. The van der Waals surface area contributed by atoms with Crippen molar-refractivity contribution >= 4 is 0 Å². The van der Waals surface area contributed by atoms with Gasteiger partial charge in [-0.25, -0.2) is 9.40 Å². The third kappa shape index (κ3) is 2.63. The van der Waals surface area contributed by atoms with E-state index in [-0.39, 0.29) is 11.5 Å². The number of halogens is 1. The molecule has 4 heteroatoms. The van der Waals surface area contributed by atoms with Crippen molar-refractivity contribution in [2.75, 3.05) is 26.7 Å². The zero-order chi connectivity index (χ0) is 12.6. The number of hydrazine groups is 1. The standard InChI is InChI=1S/C13H23FN2O/c1-13(2,3)12-5-7-16(15(12)4)9-11-10(14)6-8-17-11/h5,10-11H,6-9H2,1-4H3/t10-,11-/m1/s1. The van der Waals surface area contributed by atoms with Gasteiger partial charge in [0.15, 0.2) is 0 Å². The van der Waals surface area contributed by atoms with E-state index in [1.165, 1.54) is 5.70 Å². The van der Waals surface area contributed by atoms with Crippen LogP contribution in [0.5, 0.6) is 0 Å². The van der Waals surface area contributed by atoms with Crippen molar-refractivity contribution in [3.8, 4) is 0 Å². The molecule has 0 saturated carbocycles. The van der Waals surface area contributed by atoms with Gasteiger partial charge in [0.2, 0.25) is 0 Å². The van der Waals surface area contributed by atoms with E-state index in [0.29, 0.717) is 19.6 Å². The van der Waals surface area contributed by atoms with Crippen LogP contribution in [0.2, 0.25) is 0 Å². The minimum absolute atomic E-state index is 0.134. The summed E-state index contributed by atoms with van der Waals surface area (Å²) in [5.41, 5.74) is 1.43. The van der Waals surface area contributed by atoms with Gasteiger partial charge in [-0.05, 0) is 6.08 Å². The second-order valence-electron chi connectivity index (χ2n) is 5.95. The summed E-state index contributed by atoms with van der Waals surface area (Å²) in [6, 6.07) is 0. The Labute approximate surface area is 103 Å². The summed E-state index contributed by atoms with van der Waals surface area (Å²) in [4.78, 5) is 0. The van der Waals surface area contributed by atoms with Gasteiger partial charge in [-0.2, -0.15) is 0 Å². The highest BCUT2D eigenvalue weighted by Gasteiger charge is 2.34. The Morgan fingerprint density at radius 3 is 2.65 bits per heavy atom. The Balaban J connectivity index is 1.94. The smallest absolute Gasteiger partial charge is 0.130 e. The van der Waals surface area contributed by atoms with Gasteiger partial charge in [0.25, 0.3) is 0 Å². The molecule has 2 heterocycles. The Hall–Kier alpha value is -0.610. The largest absolute Gasteiger partial charge is 0.374 e. The summed E-state index contributed by atoms with van der Waals surface area (Å²) in [7, 11) is 2.05. The summed E-state index contributed by atoms with van der Waals surface area (Å²) >= 11 is 0. The van der Waals surface area contributed by atoms with E-state index in [1.54, 1.807) is 0 Å². The summed E-state index contributed by atoms with van der Waals surface area (Å²) in [5, 5.41) is 4.30. The molecular weight excluding hydrogens is 219 g/mol. The number of hydrogen-bond donors (Lipinski definition) is 0. The fourth-order valence-corrected chi connectivity index (χ4v) is 2.58. The molecule has 2 rings (SSSR count). The van der Waals surface area contributed by atoms with Crippen LogP contribution < -0.4 is 0 Å². The van der Waals surface area contributed by atoms with Crippen LogP contribution in [0.4, 0.5) is 4.39 Å². The van der Waals surface area contributed by atoms with Gasteiger partial charge in [-0.3, -0.25) is 0 Å². The van der Waals surface area contributed by atoms with Crippen LogP contribution in [-0.4, -0.2) is 49.0 Å². The van der Waals surface area contributed by atoms with E-state index < -0.39 is 6.17 Å². The van der Waals surface area contributed by atoms with Crippen LogP contribution in [0.15, 0.2) is 11.8 Å². The first-order valence-electron chi connectivity index (χ1n) is 6.34. The van der Waals surface area contributed by atoms with Gasteiger partial charge >= 0.3 is 0 Å². The average molecular weight is 242 g/mol. The highest BCUT2D eigenvalue weighted by Crippen LogP contribution is 2.32. The molecule has 2 aliphatic heterocycles. The number of alkyl halides is 1. The van der Waals surface area contributed by atoms with Crippen LogP contribution in [0, 0.1) is 5.41 Å². The van der Waals surface area contributed by atoms with E-state index in [2.05, 4.69) is 36.9 Å². The lowest BCUT2D eigenvalue weighted by Crippen LogP contribution is -2.43. The molecule has 0 aromatic heterocycles. The first kappa shape index (κ1) is 12.8. The molecular formula is C13H23FN2O. The zero-order valence-corrected chi connectivity index (χ0v) is 11.2. The van der Waals surface area contributed by atoms with Crippen LogP contribution in [-0.2, 0) is 4.74 Å². The molecule has 0 unspecified atom stereocenters. The minimum Gasteiger partial charge on any atom is -0.374 e. The first-order chi connectivity index (χ1) is 7.89. The van der Waals surface area contributed by atoms with Crippen molar-refractivity contribution in [2.45, 2.75) is 39.5 Å². The molecule has 98 valence electrons. The molecule has 0 N–H and O–H groups in total. The maximum atomic E-state index is 13.5. The Morgan fingerprint density at radius 2 is 2.18 bits per heavy atom. The quantitative estimate of drug-likeness (QED) is 0.738. The highest BCUT2D eigenvalue weighted by atomic mass is 19.1. The summed E-state index contributed by atoms with van der Waals surface area (Å²) in [6.07, 6.45) is 1.71. The maximum absolute atomic E-state index is 13.5. The zero-order valence-electron chi connectivity index (χ0n) is 11.2. The average Bonchev–Trinajstić information content (AvgIpc) is 2.75. The third-order valence-corrected chi connectivity index (χ3v) is 3.56. The summed E-state index contributed by atoms with van der Waals surface area (Å²) in [5.74, 6) is 0. The fourth-order valence-electron chi connectivity index (χ4n) is 2.58. The number of nitrogens with zero attached hydrogens (tertiary/aromatic N) is 2. The van der Waals surface area contributed by atoms with Gasteiger partial charge in [0, 0.05) is 37.7 Å². The molecule has 17 heavy (non-hydrogen) atoms. The van der Waals surface area contributed by atoms with E-state index in [0.717, 1.165) is 6.54 Å². The summed E-state index contributed by atoms with van der Waals surface area (Å²) < 4.78 is 18.9. The van der Waals surface area contributed by atoms with Gasteiger partial charge < -0.3 is 9.75 Å². The molecule has 0 aromatic rings. The predicted octanol–water partition coefficient (Wildman–Crippen LogP) is 2.21. The molecule has 0 bridgehead atoms. The second-order valence-corrected chi connectivity index (χ2v) is 5.95. The highest BCUT2D eigenvalue weighted by molar-refractivity contribution is 5.13. The van der Waals surface area contributed by atoms with E-state index >= 15 is 0 Å². The molecule has 2 aliphatic rings. The van der Waals surface area contributed by atoms with E-state index in [9.17, 15) is 4.39 Å². The predicted molar refractivity (Wildman–Crippen MR) is 66.1 cm³/mol. The molecule has 1 saturated heterocycles. The monoisotopic (exact) mass is 242 g/mol. The number of rotatable bonds is 2. The van der Waals surface area contributed by atoms with Crippen molar-refractivity contribution in [1.82, 2.24) is 10.0 Å². The van der Waals surface area contributed by atoms with Crippen molar-refractivity contribution in [3.63, 3.8) is 0 Å². The van der Waals surface area contributed by atoms with Crippen molar-refractivity contribution in [1.29, 1.82) is 0 Å². The Bertz CT molecular complexity index is 311. The number of hydrogen-bond acceptors (Lipinski definition) is 3. The molecule has 0 radical (unpaired) electrons. The summed E-state index contributed by atoms with van der Waals surface area (Å²) in [6.45, 7) is 8.65. The minimum atomic E-state index is -0.804. The van der Waals surface area contributed by atoms with Crippen LogP contribution in [0.25, 0.3) is 0 Å². The number of allylic oxidation sites excluding steroid dienone is 1. The van der Waals surface area contributed by atoms with Gasteiger partial charge in [0.05, 0.1) is 6.61 Å². The van der Waals surface area contributed by atoms with Gasteiger partial charge in [0.1, 0.15) is 12.3 Å². The molecule has 3 nitrogen and oxygen atoms in total. The lowest BCUT2D eigenvalue weighted by atomic mass is 9.92. The van der Waals surface area contributed by atoms with E-state index in [4.69, 9.17) is 4.74 Å². The molecule has 0 spiro atoms. The topological polar surface area (TPSA) is 15.7 Å². The molecule has 0 aliphatic carbocycles. The van der Waals surface area contributed by atoms with Gasteiger partial charge in [-0.1, -0.05) is 20.8 Å². The van der Waals surface area contributed by atoms with Crippen LogP contribution in [0.3, 0.4) is 0 Å². The SMILES string of the molecule is CN1C(C(C)(C)C)=CCN1C[C@H]1OCC[C@H]1F. The van der Waals surface area contributed by atoms with Crippen molar-refractivity contribution < 1.29 is 9.13 Å². The number of ether oxygens (including phenoxy) is 1. The lowest BCUT2D eigenvalue weighted by Gasteiger charge is -2.35. The fraction of sp³-hybridized carbons (Fsp3) is 0.846. The normalized spacial score (nSPS) is 31.1. The van der Waals surface area contributed by atoms with Crippen LogP contribution >= 0.6 is 0 Å². The third-order valence-electron chi connectivity index (χ3n) is 3.56. The molecule has 0 aromatic carbocycles. The van der Waals surface area contributed by atoms with Crippen LogP contribution in [0.1, 0.15) is 27.2 Å². The molecule has 1 fully saturated rings. The van der Waals surface area contributed by atoms with Crippen molar-refractivity contribution in [3.05, 3.63) is 11.8 Å². The first-order valence-corrected chi connectivity index (χ1v) is 6.34. The maximum Gasteiger partial charge on any atom is 0.130 e. The van der Waals surface area contributed by atoms with Gasteiger partial charge in [-0.15, -0.1) is 0 Å². The molecule has 2 atom stereocenters. The van der Waals surface area contributed by atoms with Crippen molar-refractivity contribution in [2.24, 2.45) is 5.41 Å².